The maximum absolute atomic E-state index is 13.6. The number of benzene rings is 2. The average molecular weight is 499 g/mol. The second-order valence-corrected chi connectivity index (χ2v) is 10.4. The van der Waals surface area contributed by atoms with E-state index < -0.39 is 5.54 Å². The quantitative estimate of drug-likeness (QED) is 0.577. The van der Waals surface area contributed by atoms with Gasteiger partial charge in [0.2, 0.25) is 0 Å². The van der Waals surface area contributed by atoms with Crippen LogP contribution in [0.15, 0.2) is 47.6 Å². The smallest absolute Gasteiger partial charge is 0.318 e. The van der Waals surface area contributed by atoms with Crippen LogP contribution in [0, 0.1) is 13.8 Å². The third-order valence-electron chi connectivity index (χ3n) is 5.92. The maximum atomic E-state index is 13.6. The second-order valence-electron chi connectivity index (χ2n) is 9.95. The highest BCUT2D eigenvalue weighted by Crippen LogP contribution is 2.34. The number of aryl methyl sites for hydroxylation is 2. The Morgan fingerprint density at radius 1 is 1.14 bits per heavy atom. The van der Waals surface area contributed by atoms with E-state index in [9.17, 15) is 9.59 Å². The molecular weight excluding hydrogens is 464 g/mol. The maximum Gasteiger partial charge on any atom is 0.318 e. The van der Waals surface area contributed by atoms with Gasteiger partial charge in [-0.2, -0.15) is 5.10 Å². The monoisotopic (exact) mass is 498 g/mol. The van der Waals surface area contributed by atoms with Gasteiger partial charge >= 0.3 is 6.03 Å². The van der Waals surface area contributed by atoms with Crippen LogP contribution in [0.4, 0.5) is 4.79 Å². The Kier molecular flexibility index (Phi) is 8.56. The molecule has 1 atom stereocenters. The van der Waals surface area contributed by atoms with Crippen molar-refractivity contribution in [3.8, 4) is 0 Å². The molecule has 1 heterocycles. The van der Waals surface area contributed by atoms with E-state index in [-0.39, 0.29) is 31.1 Å². The lowest BCUT2D eigenvalue weighted by Gasteiger charge is -2.30. The molecule has 0 saturated heterocycles. The summed E-state index contributed by atoms with van der Waals surface area (Å²) in [6.45, 7) is 10.3. The van der Waals surface area contributed by atoms with E-state index in [1.54, 1.807) is 7.11 Å². The molecule has 1 aliphatic rings. The van der Waals surface area contributed by atoms with Crippen LogP contribution in [0.5, 0.6) is 0 Å². The van der Waals surface area contributed by atoms with Gasteiger partial charge in [0.1, 0.15) is 6.54 Å². The fourth-order valence-corrected chi connectivity index (χ4v) is 4.00. The van der Waals surface area contributed by atoms with Crippen LogP contribution in [-0.4, -0.2) is 59.9 Å². The lowest BCUT2D eigenvalue weighted by Crippen LogP contribution is -2.52. The first kappa shape index (κ1) is 26.7. The van der Waals surface area contributed by atoms with Crippen molar-refractivity contribution in [1.82, 2.24) is 15.2 Å². The van der Waals surface area contributed by atoms with Gasteiger partial charge in [0.05, 0.1) is 18.4 Å². The summed E-state index contributed by atoms with van der Waals surface area (Å²) in [4.78, 5) is 27.9. The van der Waals surface area contributed by atoms with Gasteiger partial charge < -0.3 is 15.0 Å². The van der Waals surface area contributed by atoms with E-state index in [1.165, 1.54) is 21.0 Å². The molecule has 0 saturated carbocycles. The van der Waals surface area contributed by atoms with Gasteiger partial charge in [0.25, 0.3) is 5.91 Å². The highest BCUT2D eigenvalue weighted by Gasteiger charge is 2.34. The van der Waals surface area contributed by atoms with Crippen molar-refractivity contribution in [1.29, 1.82) is 0 Å². The topological polar surface area (TPSA) is 74.2 Å². The first-order valence-corrected chi connectivity index (χ1v) is 12.1. The molecule has 3 amide bonds. The van der Waals surface area contributed by atoms with E-state index in [2.05, 4.69) is 31.3 Å². The number of methoxy groups -OCH3 is 1. The van der Waals surface area contributed by atoms with Crippen molar-refractivity contribution in [2.45, 2.75) is 52.6 Å². The molecule has 1 aliphatic heterocycles. The zero-order chi connectivity index (χ0) is 25.8. The number of hydrogen-bond donors (Lipinski definition) is 1. The Morgan fingerprint density at radius 3 is 2.43 bits per heavy atom. The molecule has 0 aromatic heterocycles. The molecule has 8 heteroatoms. The number of urea groups is 1. The van der Waals surface area contributed by atoms with Crippen LogP contribution in [-0.2, 0) is 9.53 Å². The normalized spacial score (nSPS) is 15.7. The van der Waals surface area contributed by atoms with E-state index in [0.717, 1.165) is 16.8 Å². The molecule has 0 unspecified atom stereocenters. The highest BCUT2D eigenvalue weighted by molar-refractivity contribution is 6.30. The predicted molar refractivity (Wildman–Crippen MR) is 140 cm³/mol. The number of halogens is 1. The van der Waals surface area contributed by atoms with Gasteiger partial charge in [-0.05, 0) is 75.1 Å². The molecule has 0 spiro atoms. The summed E-state index contributed by atoms with van der Waals surface area (Å²) in [7, 11) is 1.57. The summed E-state index contributed by atoms with van der Waals surface area (Å²) < 4.78 is 5.17. The number of nitrogens with zero attached hydrogens (tertiary/aromatic N) is 3. The minimum Gasteiger partial charge on any atom is -0.383 e. The molecule has 0 bridgehead atoms. The fourth-order valence-electron chi connectivity index (χ4n) is 3.87. The Hall–Kier alpha value is -2.90. The minimum atomic E-state index is -0.431. The first-order chi connectivity index (χ1) is 16.5. The Morgan fingerprint density at radius 2 is 1.83 bits per heavy atom. The highest BCUT2D eigenvalue weighted by atomic mass is 35.5. The molecule has 2 aromatic rings. The van der Waals surface area contributed by atoms with Crippen molar-refractivity contribution in [3.63, 3.8) is 0 Å². The van der Waals surface area contributed by atoms with Gasteiger partial charge in [0, 0.05) is 30.6 Å². The zero-order valence-electron chi connectivity index (χ0n) is 21.4. The van der Waals surface area contributed by atoms with Gasteiger partial charge in [-0.1, -0.05) is 35.9 Å². The van der Waals surface area contributed by atoms with Crippen molar-refractivity contribution in [3.05, 3.63) is 69.7 Å². The molecule has 188 valence electrons. The van der Waals surface area contributed by atoms with Gasteiger partial charge in [-0.25, -0.2) is 9.80 Å². The molecule has 3 rings (SSSR count). The summed E-state index contributed by atoms with van der Waals surface area (Å²) in [6, 6.07) is 13.1. The van der Waals surface area contributed by atoms with Gasteiger partial charge in [-0.15, -0.1) is 0 Å². The number of amides is 3. The summed E-state index contributed by atoms with van der Waals surface area (Å²) in [5, 5.41) is 9.82. The van der Waals surface area contributed by atoms with E-state index in [0.29, 0.717) is 18.1 Å². The zero-order valence-corrected chi connectivity index (χ0v) is 22.1. The molecule has 35 heavy (non-hydrogen) atoms. The standard InChI is InChI=1S/C27H35ClN4O3/c1-18-7-8-21(15-19(18)2)23-16-24(20-9-11-22(28)12-10-20)32(30-23)25(33)17-31(13-14-35-6)26(34)29-27(3,4)5/h7-12,15,24H,13-14,16-17H2,1-6H3,(H,29,34)/t24-/m0/s1. The number of nitrogens with one attached hydrogen (secondary N) is 1. The van der Waals surface area contributed by atoms with Crippen molar-refractivity contribution in [2.24, 2.45) is 5.10 Å². The first-order valence-electron chi connectivity index (χ1n) is 11.8. The summed E-state index contributed by atoms with van der Waals surface area (Å²) in [6.07, 6.45) is 0.572. The molecule has 0 radical (unpaired) electrons. The van der Waals surface area contributed by atoms with E-state index >= 15 is 0 Å². The number of carbonyl (C=O) groups excluding carboxylic acids is 2. The Balaban J connectivity index is 1.91. The van der Waals surface area contributed by atoms with E-state index in [1.807, 2.05) is 51.1 Å². The van der Waals surface area contributed by atoms with Crippen molar-refractivity contribution < 1.29 is 14.3 Å². The molecule has 1 N–H and O–H groups in total. The van der Waals surface area contributed by atoms with Crippen LogP contribution in [0.1, 0.15) is 55.5 Å². The molecule has 0 aliphatic carbocycles. The van der Waals surface area contributed by atoms with Crippen LogP contribution >= 0.6 is 11.6 Å². The third-order valence-corrected chi connectivity index (χ3v) is 6.17. The number of carbonyl (C=O) groups is 2. The van der Waals surface area contributed by atoms with E-state index in [4.69, 9.17) is 21.4 Å². The third kappa shape index (κ3) is 7.05. The van der Waals surface area contributed by atoms with Crippen LogP contribution in [0.25, 0.3) is 0 Å². The van der Waals surface area contributed by atoms with Crippen LogP contribution in [0.2, 0.25) is 5.02 Å². The van der Waals surface area contributed by atoms with Crippen molar-refractivity contribution in [2.75, 3.05) is 26.8 Å². The summed E-state index contributed by atoms with van der Waals surface area (Å²) >= 11 is 6.11. The lowest BCUT2D eigenvalue weighted by molar-refractivity contribution is -0.133. The number of hydrogen-bond acceptors (Lipinski definition) is 4. The van der Waals surface area contributed by atoms with Crippen LogP contribution < -0.4 is 5.32 Å². The molecular formula is C27H35ClN4O3. The second kappa shape index (κ2) is 11.2. The van der Waals surface area contributed by atoms with Crippen molar-refractivity contribution >= 4 is 29.3 Å². The Bertz CT molecular complexity index is 1090. The lowest BCUT2D eigenvalue weighted by atomic mass is 9.96. The summed E-state index contributed by atoms with van der Waals surface area (Å²) in [5.74, 6) is -0.260. The average Bonchev–Trinajstić information content (AvgIpc) is 3.23. The predicted octanol–water partition coefficient (Wildman–Crippen LogP) is 5.09. The number of rotatable bonds is 7. The fraction of sp³-hybridized carbons (Fsp3) is 0.444. The molecule has 7 nitrogen and oxygen atoms in total. The molecule has 2 aromatic carbocycles. The Labute approximate surface area is 213 Å². The van der Waals surface area contributed by atoms with Crippen LogP contribution in [0.3, 0.4) is 0 Å². The van der Waals surface area contributed by atoms with Gasteiger partial charge in [-0.3, -0.25) is 4.79 Å². The largest absolute Gasteiger partial charge is 0.383 e. The van der Waals surface area contributed by atoms with Gasteiger partial charge in [0.15, 0.2) is 0 Å². The number of hydrazone groups is 1. The summed E-state index contributed by atoms with van der Waals surface area (Å²) in [5.41, 5.74) is 4.70. The SMILES string of the molecule is COCCN(CC(=O)N1N=C(c2ccc(C)c(C)c2)C[C@H]1c1ccc(Cl)cc1)C(=O)NC(C)(C)C. The number of ether oxygens (including phenoxy) is 1. The minimum absolute atomic E-state index is 0.112. The molecule has 0 fully saturated rings.